The summed E-state index contributed by atoms with van der Waals surface area (Å²) in [4.78, 5) is 10.9. The molecular formula is C11H8BrF5O2S. The van der Waals surface area contributed by atoms with E-state index in [0.29, 0.717) is 0 Å². The normalized spacial score (nSPS) is 11.8. The van der Waals surface area contributed by atoms with Gasteiger partial charge in [-0.1, -0.05) is 15.9 Å². The number of halogens is 6. The minimum Gasteiger partial charge on any atom is -0.435 e. The molecular weight excluding hydrogens is 371 g/mol. The Morgan fingerprint density at radius 1 is 1.30 bits per heavy atom. The summed E-state index contributed by atoms with van der Waals surface area (Å²) in [5.41, 5.74) is -4.38. The molecule has 0 aliphatic rings. The van der Waals surface area contributed by atoms with E-state index in [9.17, 15) is 26.7 Å². The number of ether oxygens (including phenoxy) is 1. The van der Waals surface area contributed by atoms with Gasteiger partial charge in [-0.05, 0) is 35.5 Å². The molecule has 2 nitrogen and oxygen atoms in total. The number of rotatable bonds is 6. The van der Waals surface area contributed by atoms with Gasteiger partial charge in [0.05, 0.1) is 5.33 Å². The molecule has 0 unspecified atom stereocenters. The first-order valence-electron chi connectivity index (χ1n) is 5.12. The highest BCUT2D eigenvalue weighted by molar-refractivity contribution is 9.09. The van der Waals surface area contributed by atoms with Gasteiger partial charge in [-0.2, -0.15) is 22.0 Å². The largest absolute Gasteiger partial charge is 0.446 e. The summed E-state index contributed by atoms with van der Waals surface area (Å²) in [6.45, 7) is -3.15. The molecule has 0 saturated heterocycles. The number of benzene rings is 1. The lowest BCUT2D eigenvalue weighted by Gasteiger charge is -2.11. The Labute approximate surface area is 123 Å². The van der Waals surface area contributed by atoms with Crippen molar-refractivity contribution in [1.29, 1.82) is 0 Å². The van der Waals surface area contributed by atoms with E-state index in [4.69, 9.17) is 0 Å². The second kappa shape index (κ2) is 7.26. The minimum atomic E-state index is -4.56. The van der Waals surface area contributed by atoms with Crippen molar-refractivity contribution in [3.63, 3.8) is 0 Å². The van der Waals surface area contributed by atoms with Crippen LogP contribution in [-0.4, -0.2) is 23.2 Å². The van der Waals surface area contributed by atoms with Gasteiger partial charge in [-0.3, -0.25) is 4.79 Å². The van der Waals surface area contributed by atoms with Crippen LogP contribution in [0, 0.1) is 0 Å². The first-order chi connectivity index (χ1) is 9.19. The SMILES string of the molecule is O=C(CBr)Cc1cc(OC(F)F)cc(SC(F)(F)F)c1. The smallest absolute Gasteiger partial charge is 0.435 e. The van der Waals surface area contributed by atoms with E-state index in [1.165, 1.54) is 0 Å². The fourth-order valence-electron chi connectivity index (χ4n) is 1.37. The van der Waals surface area contributed by atoms with Crippen LogP contribution in [0.3, 0.4) is 0 Å². The summed E-state index contributed by atoms with van der Waals surface area (Å²) < 4.78 is 65.2. The van der Waals surface area contributed by atoms with Gasteiger partial charge in [-0.25, -0.2) is 0 Å². The number of ketones is 1. The molecule has 0 aliphatic carbocycles. The summed E-state index contributed by atoms with van der Waals surface area (Å²) in [5.74, 6) is -0.700. The third-order valence-electron chi connectivity index (χ3n) is 1.95. The molecule has 0 N–H and O–H groups in total. The molecule has 0 fully saturated rings. The molecule has 0 atom stereocenters. The van der Waals surface area contributed by atoms with Crippen LogP contribution < -0.4 is 4.74 Å². The maximum atomic E-state index is 12.3. The van der Waals surface area contributed by atoms with E-state index in [1.54, 1.807) is 0 Å². The van der Waals surface area contributed by atoms with Crippen LogP contribution in [0.15, 0.2) is 23.1 Å². The first kappa shape index (κ1) is 17.2. The molecule has 0 heterocycles. The molecule has 9 heteroatoms. The lowest BCUT2D eigenvalue weighted by atomic mass is 10.1. The van der Waals surface area contributed by atoms with Crippen LogP contribution in [0.25, 0.3) is 0 Å². The van der Waals surface area contributed by atoms with Crippen LogP contribution >= 0.6 is 27.7 Å². The Bertz CT molecular complexity index is 478. The van der Waals surface area contributed by atoms with Crippen molar-refractivity contribution in [2.75, 3.05) is 5.33 Å². The molecule has 20 heavy (non-hydrogen) atoms. The molecule has 112 valence electrons. The summed E-state index contributed by atoms with van der Waals surface area (Å²) in [5, 5.41) is 0.0225. The fraction of sp³-hybridized carbons (Fsp3) is 0.364. The molecule has 0 radical (unpaired) electrons. The quantitative estimate of drug-likeness (QED) is 0.416. The molecule has 1 aromatic rings. The second-order valence-corrected chi connectivity index (χ2v) is 5.29. The topological polar surface area (TPSA) is 26.3 Å². The average molecular weight is 379 g/mol. The molecule has 0 amide bonds. The van der Waals surface area contributed by atoms with E-state index < -0.39 is 29.6 Å². The highest BCUT2D eigenvalue weighted by Crippen LogP contribution is 2.38. The van der Waals surface area contributed by atoms with E-state index in [1.807, 2.05) is 0 Å². The Morgan fingerprint density at radius 3 is 2.45 bits per heavy atom. The zero-order valence-corrected chi connectivity index (χ0v) is 12.1. The summed E-state index contributed by atoms with van der Waals surface area (Å²) in [6, 6.07) is 3.09. The lowest BCUT2D eigenvalue weighted by molar-refractivity contribution is -0.115. The molecule has 0 aromatic heterocycles. The number of thioether (sulfide) groups is 1. The summed E-state index contributed by atoms with van der Waals surface area (Å²) >= 11 is 2.46. The molecule has 0 saturated carbocycles. The van der Waals surface area contributed by atoms with Crippen LogP contribution in [-0.2, 0) is 11.2 Å². The second-order valence-electron chi connectivity index (χ2n) is 3.59. The van der Waals surface area contributed by atoms with Gasteiger partial charge in [0.25, 0.3) is 0 Å². The van der Waals surface area contributed by atoms with Gasteiger partial charge >= 0.3 is 12.1 Å². The summed E-state index contributed by atoms with van der Waals surface area (Å²) in [6.07, 6.45) is -0.170. The van der Waals surface area contributed by atoms with Crippen molar-refractivity contribution < 1.29 is 31.5 Å². The van der Waals surface area contributed by atoms with E-state index in [0.717, 1.165) is 18.2 Å². The van der Waals surface area contributed by atoms with E-state index >= 15 is 0 Å². The third-order valence-corrected chi connectivity index (χ3v) is 3.28. The zero-order chi connectivity index (χ0) is 15.3. The van der Waals surface area contributed by atoms with Crippen molar-refractivity contribution in [1.82, 2.24) is 0 Å². The number of carbonyl (C=O) groups is 1. The van der Waals surface area contributed by atoms with Gasteiger partial charge in [0, 0.05) is 11.3 Å². The molecule has 1 aromatic carbocycles. The fourth-order valence-corrected chi connectivity index (χ4v) is 2.22. The van der Waals surface area contributed by atoms with Crippen molar-refractivity contribution in [2.24, 2.45) is 0 Å². The van der Waals surface area contributed by atoms with Crippen molar-refractivity contribution in [3.05, 3.63) is 23.8 Å². The van der Waals surface area contributed by atoms with Gasteiger partial charge < -0.3 is 4.74 Å². The predicted molar refractivity (Wildman–Crippen MR) is 67.5 cm³/mol. The van der Waals surface area contributed by atoms with Gasteiger partial charge in [0.2, 0.25) is 0 Å². The van der Waals surface area contributed by atoms with Crippen LogP contribution in [0.2, 0.25) is 0 Å². The molecule has 1 rings (SSSR count). The van der Waals surface area contributed by atoms with E-state index in [2.05, 4.69) is 20.7 Å². The number of Topliss-reactive ketones (excluding diaryl/α,β-unsaturated/α-hetero) is 1. The number of alkyl halides is 6. The van der Waals surface area contributed by atoms with Crippen LogP contribution in [0.5, 0.6) is 5.75 Å². The predicted octanol–water partition coefficient (Wildman–Crippen LogP) is 4.41. The number of carbonyl (C=O) groups excluding carboxylic acids is 1. The zero-order valence-electron chi connectivity index (χ0n) is 9.72. The van der Waals surface area contributed by atoms with Crippen molar-refractivity contribution in [3.8, 4) is 5.75 Å². The Balaban J connectivity index is 3.03. The van der Waals surface area contributed by atoms with Crippen molar-refractivity contribution in [2.45, 2.75) is 23.4 Å². The van der Waals surface area contributed by atoms with E-state index in [-0.39, 0.29) is 28.0 Å². The number of hydrogen-bond acceptors (Lipinski definition) is 3. The van der Waals surface area contributed by atoms with Crippen molar-refractivity contribution >= 4 is 33.5 Å². The van der Waals surface area contributed by atoms with Crippen LogP contribution in [0.4, 0.5) is 22.0 Å². The maximum absolute atomic E-state index is 12.3. The third kappa shape index (κ3) is 6.56. The highest BCUT2D eigenvalue weighted by Gasteiger charge is 2.29. The van der Waals surface area contributed by atoms with Gasteiger partial charge in [0.1, 0.15) is 11.5 Å². The first-order valence-corrected chi connectivity index (χ1v) is 7.05. The molecule has 0 aliphatic heterocycles. The summed E-state index contributed by atoms with van der Waals surface area (Å²) in [7, 11) is 0. The average Bonchev–Trinajstić information content (AvgIpc) is 2.24. The molecule has 0 bridgehead atoms. The number of hydrogen-bond donors (Lipinski definition) is 0. The Hall–Kier alpha value is -0.830. The standard InChI is InChI=1S/C11H8BrF5O2S/c12-5-7(18)1-6-2-8(19-10(13)14)4-9(3-6)20-11(15,16)17/h2-4,10H,1,5H2. The van der Waals surface area contributed by atoms with Gasteiger partial charge in [0.15, 0.2) is 0 Å². The maximum Gasteiger partial charge on any atom is 0.446 e. The Morgan fingerprint density at radius 2 is 1.95 bits per heavy atom. The monoisotopic (exact) mass is 378 g/mol. The Kier molecular flexibility index (Phi) is 6.25. The highest BCUT2D eigenvalue weighted by atomic mass is 79.9. The molecule has 0 spiro atoms. The lowest BCUT2D eigenvalue weighted by Crippen LogP contribution is -2.07. The van der Waals surface area contributed by atoms with Gasteiger partial charge in [-0.15, -0.1) is 0 Å². The minimum absolute atomic E-state index is 0.0225. The van der Waals surface area contributed by atoms with Crippen LogP contribution in [0.1, 0.15) is 5.56 Å².